The van der Waals surface area contributed by atoms with E-state index >= 15 is 0 Å². The molecule has 0 aliphatic heterocycles. The van der Waals surface area contributed by atoms with Crippen LogP contribution in [0.25, 0.3) is 112 Å². The summed E-state index contributed by atoms with van der Waals surface area (Å²) in [5, 5.41) is 9.97. The minimum atomic E-state index is 1.11. The second kappa shape index (κ2) is 12.7. The Morgan fingerprint density at radius 3 is 1.49 bits per heavy atom. The third-order valence-corrected chi connectivity index (χ3v) is 14.3. The minimum absolute atomic E-state index is 1.11. The molecule has 0 fully saturated rings. The molecule has 0 spiro atoms. The van der Waals surface area contributed by atoms with Gasteiger partial charge in [-0.05, 0) is 120 Å². The summed E-state index contributed by atoms with van der Waals surface area (Å²) in [6.45, 7) is 0. The normalized spacial score (nSPS) is 12.1. The van der Waals surface area contributed by atoms with Gasteiger partial charge < -0.3 is 13.7 Å². The van der Waals surface area contributed by atoms with Gasteiger partial charge in [-0.2, -0.15) is 0 Å². The molecule has 8 bridgehead atoms. The lowest BCUT2D eigenvalue weighted by Crippen LogP contribution is -1.99. The summed E-state index contributed by atoms with van der Waals surface area (Å²) in [5.74, 6) is 0. The maximum absolute atomic E-state index is 2.44. The standard InChI is InChI=1S/C54H33N3S2/c1-2-12-36(13-3-1)57-49-18-6-4-16-43(49)44-24-20-41(32-50(44)57)55-37-14-8-10-34(28-37)35-11-9-15-38(29-35)56(42-21-25-46-45-17-5-7-19-51(45)59-54(46)33-42)40-23-27-53-48(31-40)47-30-39(55)22-26-52(47)58-53/h1-33H. The molecule has 13 aromatic rings. The molecule has 0 N–H and O–H groups in total. The summed E-state index contributed by atoms with van der Waals surface area (Å²) in [6, 6.07) is 74.2. The van der Waals surface area contributed by atoms with Gasteiger partial charge in [-0.1, -0.05) is 91.0 Å². The Kier molecular flexibility index (Phi) is 7.05. The zero-order chi connectivity index (χ0) is 38.6. The first-order chi connectivity index (χ1) is 29.2. The van der Waals surface area contributed by atoms with Gasteiger partial charge >= 0.3 is 0 Å². The van der Waals surface area contributed by atoms with E-state index in [1.165, 1.54) is 72.9 Å². The average Bonchev–Trinajstić information content (AvgIpc) is 3.96. The molecular formula is C54H33N3S2. The van der Waals surface area contributed by atoms with Crippen LogP contribution in [0.5, 0.6) is 0 Å². The van der Waals surface area contributed by atoms with Crippen molar-refractivity contribution in [3.8, 4) is 17.1 Å². The van der Waals surface area contributed by atoms with E-state index in [2.05, 4.69) is 214 Å². The monoisotopic (exact) mass is 787 g/mol. The van der Waals surface area contributed by atoms with Gasteiger partial charge in [-0.25, -0.2) is 0 Å². The van der Waals surface area contributed by atoms with Crippen molar-refractivity contribution in [2.75, 3.05) is 0 Å². The number of hydrogen-bond donors (Lipinski definition) is 0. The van der Waals surface area contributed by atoms with E-state index in [1.54, 1.807) is 0 Å². The Bertz CT molecular complexity index is 3910. The van der Waals surface area contributed by atoms with Crippen LogP contribution in [-0.4, -0.2) is 13.7 Å². The zero-order valence-corrected chi connectivity index (χ0v) is 33.3. The number of benzene rings is 9. The predicted octanol–water partition coefficient (Wildman–Crippen LogP) is 15.7. The number of thiophene rings is 2. The highest BCUT2D eigenvalue weighted by Crippen LogP contribution is 2.40. The molecule has 0 saturated heterocycles. The molecular weight excluding hydrogens is 755 g/mol. The van der Waals surface area contributed by atoms with Crippen molar-refractivity contribution >= 4 is 118 Å². The Hall–Kier alpha value is -7.18. The zero-order valence-electron chi connectivity index (χ0n) is 31.7. The summed E-state index contributed by atoms with van der Waals surface area (Å²) in [4.78, 5) is 0. The van der Waals surface area contributed by atoms with Crippen LogP contribution in [-0.2, 0) is 0 Å². The number of rotatable bonds is 3. The van der Waals surface area contributed by atoms with Crippen molar-refractivity contribution in [1.82, 2.24) is 13.7 Å². The summed E-state index contributed by atoms with van der Waals surface area (Å²) in [7, 11) is 0. The van der Waals surface area contributed by atoms with Gasteiger partial charge in [0.25, 0.3) is 0 Å². The Morgan fingerprint density at radius 2 is 0.780 bits per heavy atom. The second-order valence-corrected chi connectivity index (χ2v) is 17.6. The fourth-order valence-corrected chi connectivity index (χ4v) is 11.6. The van der Waals surface area contributed by atoms with Crippen LogP contribution in [0.15, 0.2) is 200 Å². The van der Waals surface area contributed by atoms with Crippen LogP contribution in [0.2, 0.25) is 0 Å². The van der Waals surface area contributed by atoms with Gasteiger partial charge in [0, 0.05) is 90.2 Å². The lowest BCUT2D eigenvalue weighted by atomic mass is 10.1. The topological polar surface area (TPSA) is 14.8 Å². The minimum Gasteiger partial charge on any atom is -0.310 e. The molecule has 0 aliphatic rings. The average molecular weight is 788 g/mol. The van der Waals surface area contributed by atoms with Crippen molar-refractivity contribution in [3.63, 3.8) is 0 Å². The van der Waals surface area contributed by atoms with Crippen LogP contribution >= 0.6 is 22.7 Å². The molecule has 4 aromatic heterocycles. The summed E-state index contributed by atoms with van der Waals surface area (Å²) >= 11 is 3.73. The van der Waals surface area contributed by atoms with Crippen LogP contribution in [0.4, 0.5) is 0 Å². The SMILES string of the molecule is c1ccc(-n2c3ccccc3c3ccc(-n4c5cccc(c5)c5cccc(c5)n(-c5ccc6c(c5)sc5ccccc56)c5ccc6sc7ccc4cc7c6c5)cc32)cc1. The fraction of sp³-hybridized carbons (Fsp3) is 0. The molecule has 4 heterocycles. The molecule has 3 nitrogen and oxygen atoms in total. The van der Waals surface area contributed by atoms with Crippen molar-refractivity contribution in [1.29, 1.82) is 0 Å². The highest BCUT2D eigenvalue weighted by atomic mass is 32.1. The Balaban J connectivity index is 1.14. The molecule has 59 heavy (non-hydrogen) atoms. The maximum Gasteiger partial charge on any atom is 0.0561 e. The number of para-hydroxylation sites is 2. The molecule has 0 amide bonds. The summed E-state index contributed by atoms with van der Waals surface area (Å²) < 4.78 is 12.4. The van der Waals surface area contributed by atoms with Gasteiger partial charge in [0.05, 0.1) is 11.0 Å². The number of fused-ring (bicyclic) bond motifs is 13. The molecule has 5 heteroatoms. The Labute approximate surface area is 346 Å². The smallest absolute Gasteiger partial charge is 0.0561 e. The van der Waals surface area contributed by atoms with E-state index in [0.29, 0.717) is 0 Å². The predicted molar refractivity (Wildman–Crippen MR) is 255 cm³/mol. The third-order valence-electron chi connectivity index (χ3n) is 12.0. The molecule has 276 valence electrons. The molecule has 13 rings (SSSR count). The summed E-state index contributed by atoms with van der Waals surface area (Å²) in [5.41, 5.74) is 10.3. The first kappa shape index (κ1) is 32.9. The highest BCUT2D eigenvalue weighted by Gasteiger charge is 2.15. The molecule has 9 aromatic carbocycles. The number of aromatic nitrogens is 3. The largest absolute Gasteiger partial charge is 0.310 e. The second-order valence-electron chi connectivity index (χ2n) is 15.4. The van der Waals surface area contributed by atoms with Gasteiger partial charge in [-0.3, -0.25) is 0 Å². The molecule has 0 radical (unpaired) electrons. The van der Waals surface area contributed by atoms with E-state index in [9.17, 15) is 0 Å². The van der Waals surface area contributed by atoms with Crippen LogP contribution in [0.3, 0.4) is 0 Å². The third kappa shape index (κ3) is 5.05. The van der Waals surface area contributed by atoms with Gasteiger partial charge in [0.2, 0.25) is 0 Å². The van der Waals surface area contributed by atoms with Crippen molar-refractivity contribution < 1.29 is 0 Å². The lowest BCUT2D eigenvalue weighted by Gasteiger charge is -2.14. The fourth-order valence-electron chi connectivity index (χ4n) is 9.38. The van der Waals surface area contributed by atoms with Crippen LogP contribution in [0.1, 0.15) is 0 Å². The van der Waals surface area contributed by atoms with Crippen molar-refractivity contribution in [2.24, 2.45) is 0 Å². The van der Waals surface area contributed by atoms with Crippen LogP contribution < -0.4 is 0 Å². The maximum atomic E-state index is 2.44. The van der Waals surface area contributed by atoms with Crippen LogP contribution in [0, 0.1) is 0 Å². The van der Waals surface area contributed by atoms with Gasteiger partial charge in [0.1, 0.15) is 0 Å². The first-order valence-electron chi connectivity index (χ1n) is 20.0. The van der Waals surface area contributed by atoms with E-state index in [0.717, 1.165) is 39.1 Å². The number of nitrogens with zero attached hydrogens (tertiary/aromatic N) is 3. The lowest BCUT2D eigenvalue weighted by molar-refractivity contribution is 1.14. The molecule has 0 atom stereocenters. The van der Waals surface area contributed by atoms with Gasteiger partial charge in [-0.15, -0.1) is 22.7 Å². The highest BCUT2D eigenvalue weighted by molar-refractivity contribution is 7.26. The quantitative estimate of drug-likeness (QED) is 0.169. The van der Waals surface area contributed by atoms with E-state index in [4.69, 9.17) is 0 Å². The van der Waals surface area contributed by atoms with E-state index in [1.807, 2.05) is 22.7 Å². The van der Waals surface area contributed by atoms with Gasteiger partial charge in [0.15, 0.2) is 0 Å². The molecule has 0 saturated carbocycles. The summed E-state index contributed by atoms with van der Waals surface area (Å²) in [6.07, 6.45) is 0. The van der Waals surface area contributed by atoms with Crippen molar-refractivity contribution in [3.05, 3.63) is 200 Å². The van der Waals surface area contributed by atoms with E-state index in [-0.39, 0.29) is 0 Å². The van der Waals surface area contributed by atoms with E-state index < -0.39 is 0 Å². The molecule has 0 unspecified atom stereocenters. The number of hydrogen-bond acceptors (Lipinski definition) is 2. The van der Waals surface area contributed by atoms with Crippen molar-refractivity contribution in [2.45, 2.75) is 0 Å². The Morgan fingerprint density at radius 1 is 0.254 bits per heavy atom. The first-order valence-corrected chi connectivity index (χ1v) is 21.6. The molecule has 0 aliphatic carbocycles.